The quantitative estimate of drug-likeness (QED) is 0.688. The van der Waals surface area contributed by atoms with E-state index in [4.69, 9.17) is 5.73 Å². The molecule has 0 aliphatic heterocycles. The summed E-state index contributed by atoms with van der Waals surface area (Å²) in [5.41, 5.74) is 5.43. The van der Waals surface area contributed by atoms with Crippen LogP contribution in [0.2, 0.25) is 0 Å². The molecule has 0 saturated heterocycles. The van der Waals surface area contributed by atoms with Crippen molar-refractivity contribution >= 4 is 5.97 Å². The molecular weight excluding hydrogens is 189 g/mol. The van der Waals surface area contributed by atoms with Gasteiger partial charge in [-0.25, -0.2) is 4.39 Å². The van der Waals surface area contributed by atoms with Crippen molar-refractivity contribution < 1.29 is 19.0 Å². The summed E-state index contributed by atoms with van der Waals surface area (Å²) < 4.78 is 17.2. The summed E-state index contributed by atoms with van der Waals surface area (Å²) in [6.07, 6.45) is 0. The molecule has 0 spiro atoms. The molecular formula is C9H10FNO3. The van der Waals surface area contributed by atoms with E-state index in [-0.39, 0.29) is 5.56 Å². The first-order valence-electron chi connectivity index (χ1n) is 3.88. The predicted octanol–water partition coefficient (Wildman–Crippen LogP) is 0.704. The first-order valence-corrected chi connectivity index (χ1v) is 3.88. The van der Waals surface area contributed by atoms with Crippen LogP contribution in [0.3, 0.4) is 0 Å². The van der Waals surface area contributed by atoms with Gasteiger partial charge in [-0.2, -0.15) is 0 Å². The standard InChI is InChI=1S/C9H10FNO3/c1-14-9(13)7(11)5-3-2-4-6(10)8(5)12/h2-4,7,12H,11H2,1H3/t7-/m1/s1. The maximum atomic E-state index is 12.8. The Morgan fingerprint density at radius 2 is 2.29 bits per heavy atom. The van der Waals surface area contributed by atoms with E-state index >= 15 is 0 Å². The van der Waals surface area contributed by atoms with Gasteiger partial charge < -0.3 is 15.6 Å². The van der Waals surface area contributed by atoms with Crippen LogP contribution in [0, 0.1) is 5.82 Å². The molecule has 0 aromatic heterocycles. The molecule has 0 unspecified atom stereocenters. The summed E-state index contributed by atoms with van der Waals surface area (Å²) in [4.78, 5) is 11.0. The highest BCUT2D eigenvalue weighted by molar-refractivity contribution is 5.78. The molecule has 0 radical (unpaired) electrons. The predicted molar refractivity (Wildman–Crippen MR) is 47.0 cm³/mol. The lowest BCUT2D eigenvalue weighted by Gasteiger charge is -2.11. The maximum Gasteiger partial charge on any atom is 0.327 e. The number of hydrogen-bond donors (Lipinski definition) is 2. The minimum Gasteiger partial charge on any atom is -0.505 e. The first-order chi connectivity index (χ1) is 6.57. The number of methoxy groups -OCH3 is 1. The van der Waals surface area contributed by atoms with Crippen molar-refractivity contribution in [3.05, 3.63) is 29.6 Å². The molecule has 0 aliphatic rings. The minimum atomic E-state index is -1.17. The largest absolute Gasteiger partial charge is 0.505 e. The number of nitrogens with two attached hydrogens (primary N) is 1. The van der Waals surface area contributed by atoms with Crippen LogP contribution >= 0.6 is 0 Å². The number of rotatable bonds is 2. The number of aromatic hydroxyl groups is 1. The van der Waals surface area contributed by atoms with Crippen molar-refractivity contribution in [2.24, 2.45) is 5.73 Å². The average Bonchev–Trinajstić information content (AvgIpc) is 2.20. The molecule has 0 amide bonds. The number of ether oxygens (including phenoxy) is 1. The van der Waals surface area contributed by atoms with Crippen LogP contribution in [0.1, 0.15) is 11.6 Å². The molecule has 0 heterocycles. The Morgan fingerprint density at radius 3 is 2.86 bits per heavy atom. The summed E-state index contributed by atoms with van der Waals surface area (Å²) in [5.74, 6) is -2.17. The van der Waals surface area contributed by atoms with E-state index in [9.17, 15) is 14.3 Å². The normalized spacial score (nSPS) is 12.2. The third-order valence-corrected chi connectivity index (χ3v) is 1.81. The molecule has 1 atom stereocenters. The van der Waals surface area contributed by atoms with Crippen LogP contribution in [0.4, 0.5) is 4.39 Å². The zero-order valence-electron chi connectivity index (χ0n) is 7.53. The second kappa shape index (κ2) is 4.06. The maximum absolute atomic E-state index is 12.8. The Bertz CT molecular complexity index is 354. The second-order valence-electron chi connectivity index (χ2n) is 2.68. The van der Waals surface area contributed by atoms with Crippen molar-refractivity contribution in [3.63, 3.8) is 0 Å². The minimum absolute atomic E-state index is 0.0110. The summed E-state index contributed by atoms with van der Waals surface area (Å²) in [6.45, 7) is 0. The van der Waals surface area contributed by atoms with Gasteiger partial charge in [-0.15, -0.1) is 0 Å². The summed E-state index contributed by atoms with van der Waals surface area (Å²) >= 11 is 0. The van der Waals surface area contributed by atoms with Gasteiger partial charge in [0.1, 0.15) is 6.04 Å². The fourth-order valence-electron chi connectivity index (χ4n) is 1.04. The molecule has 1 aromatic rings. The van der Waals surface area contributed by atoms with Crippen LogP contribution < -0.4 is 5.73 Å². The Labute approximate surface area is 80.1 Å². The smallest absolute Gasteiger partial charge is 0.327 e. The second-order valence-corrected chi connectivity index (χ2v) is 2.68. The summed E-state index contributed by atoms with van der Waals surface area (Å²) in [7, 11) is 1.17. The summed E-state index contributed by atoms with van der Waals surface area (Å²) in [5, 5.41) is 9.25. The number of halogens is 1. The van der Waals surface area contributed by atoms with Crippen molar-refractivity contribution in [3.8, 4) is 5.75 Å². The molecule has 76 valence electrons. The third kappa shape index (κ3) is 1.82. The van der Waals surface area contributed by atoms with Crippen LogP contribution in [0.5, 0.6) is 5.75 Å². The first kappa shape index (κ1) is 10.5. The molecule has 0 fully saturated rings. The van der Waals surface area contributed by atoms with E-state index in [0.717, 1.165) is 6.07 Å². The van der Waals surface area contributed by atoms with Crippen molar-refractivity contribution in [2.75, 3.05) is 7.11 Å². The molecule has 14 heavy (non-hydrogen) atoms. The van der Waals surface area contributed by atoms with Crippen molar-refractivity contribution in [2.45, 2.75) is 6.04 Å². The third-order valence-electron chi connectivity index (χ3n) is 1.81. The molecule has 5 heteroatoms. The topological polar surface area (TPSA) is 72.5 Å². The van der Waals surface area contributed by atoms with Gasteiger partial charge in [-0.05, 0) is 6.07 Å². The lowest BCUT2D eigenvalue weighted by molar-refractivity contribution is -0.142. The van der Waals surface area contributed by atoms with Gasteiger partial charge in [0.15, 0.2) is 11.6 Å². The Kier molecular flexibility index (Phi) is 3.03. The Hall–Kier alpha value is -1.62. The molecule has 0 aliphatic carbocycles. The van der Waals surface area contributed by atoms with Gasteiger partial charge in [0.2, 0.25) is 0 Å². The molecule has 1 aromatic carbocycles. The van der Waals surface area contributed by atoms with Crippen molar-refractivity contribution in [1.82, 2.24) is 0 Å². The van der Waals surface area contributed by atoms with E-state index in [1.165, 1.54) is 19.2 Å². The van der Waals surface area contributed by atoms with E-state index < -0.39 is 23.6 Å². The fraction of sp³-hybridized carbons (Fsp3) is 0.222. The number of phenols is 1. The SMILES string of the molecule is COC(=O)[C@H](N)c1cccc(F)c1O. The zero-order chi connectivity index (χ0) is 10.7. The molecule has 4 nitrogen and oxygen atoms in total. The van der Waals surface area contributed by atoms with Gasteiger partial charge in [-0.3, -0.25) is 4.79 Å². The lowest BCUT2D eigenvalue weighted by atomic mass is 10.1. The van der Waals surface area contributed by atoms with E-state index in [2.05, 4.69) is 4.74 Å². The number of carbonyl (C=O) groups is 1. The number of esters is 1. The fourth-order valence-corrected chi connectivity index (χ4v) is 1.04. The highest BCUT2D eigenvalue weighted by Crippen LogP contribution is 2.25. The number of phenolic OH excluding ortho intramolecular Hbond substituents is 1. The monoisotopic (exact) mass is 199 g/mol. The Morgan fingerprint density at radius 1 is 1.64 bits per heavy atom. The lowest BCUT2D eigenvalue weighted by Crippen LogP contribution is -2.22. The highest BCUT2D eigenvalue weighted by atomic mass is 19.1. The van der Waals surface area contributed by atoms with E-state index in [1.807, 2.05) is 0 Å². The van der Waals surface area contributed by atoms with Crippen LogP contribution in [0.25, 0.3) is 0 Å². The van der Waals surface area contributed by atoms with Crippen LogP contribution in [-0.4, -0.2) is 18.2 Å². The zero-order valence-corrected chi connectivity index (χ0v) is 7.53. The Balaban J connectivity index is 3.07. The number of para-hydroxylation sites is 1. The van der Waals surface area contributed by atoms with E-state index in [1.54, 1.807) is 0 Å². The van der Waals surface area contributed by atoms with Crippen molar-refractivity contribution in [1.29, 1.82) is 0 Å². The van der Waals surface area contributed by atoms with Gasteiger partial charge in [0.05, 0.1) is 7.11 Å². The van der Waals surface area contributed by atoms with Crippen LogP contribution in [0.15, 0.2) is 18.2 Å². The van der Waals surface area contributed by atoms with Gasteiger partial charge in [-0.1, -0.05) is 12.1 Å². The molecule has 3 N–H and O–H groups in total. The van der Waals surface area contributed by atoms with Gasteiger partial charge >= 0.3 is 5.97 Å². The number of hydrogen-bond acceptors (Lipinski definition) is 4. The number of carbonyl (C=O) groups excluding carboxylic acids is 1. The molecule has 1 rings (SSSR count). The highest BCUT2D eigenvalue weighted by Gasteiger charge is 2.21. The summed E-state index contributed by atoms with van der Waals surface area (Å²) in [6, 6.07) is 2.62. The molecule has 0 saturated carbocycles. The van der Waals surface area contributed by atoms with Gasteiger partial charge in [0, 0.05) is 5.56 Å². The van der Waals surface area contributed by atoms with Gasteiger partial charge in [0.25, 0.3) is 0 Å². The van der Waals surface area contributed by atoms with Crippen LogP contribution in [-0.2, 0) is 9.53 Å². The molecule has 0 bridgehead atoms. The number of benzene rings is 1. The average molecular weight is 199 g/mol. The van der Waals surface area contributed by atoms with E-state index in [0.29, 0.717) is 0 Å².